The molecule has 316 valence electrons. The van der Waals surface area contributed by atoms with Gasteiger partial charge in [0.05, 0.1) is 43.6 Å². The van der Waals surface area contributed by atoms with E-state index in [-0.39, 0.29) is 41.1 Å². The number of nitrogens with zero attached hydrogens (tertiary/aromatic N) is 6. The van der Waals surface area contributed by atoms with Crippen LogP contribution >= 0.6 is 0 Å². The summed E-state index contributed by atoms with van der Waals surface area (Å²) in [5, 5.41) is 6.79. The zero-order valence-corrected chi connectivity index (χ0v) is 37.4. The molecule has 2 N–H and O–H groups in total. The molecular formula is C45H62N8O5Si. The minimum absolute atomic E-state index is 0.0432. The minimum Gasteiger partial charge on any atom is -0.444 e. The largest absolute Gasteiger partial charge is 0.444 e. The first-order valence-corrected chi connectivity index (χ1v) is 23.3. The van der Waals surface area contributed by atoms with E-state index in [9.17, 15) is 14.4 Å². The number of benzene rings is 2. The lowest BCUT2D eigenvalue weighted by Crippen LogP contribution is -2.56. The molecule has 3 atom stereocenters. The zero-order valence-electron chi connectivity index (χ0n) is 36.2. The molecule has 2 fully saturated rings. The summed E-state index contributed by atoms with van der Waals surface area (Å²) in [5.41, 5.74) is 3.42. The van der Waals surface area contributed by atoms with Crippen molar-refractivity contribution in [3.8, 4) is 0 Å². The molecule has 6 rings (SSSR count). The first-order valence-electron chi connectivity index (χ1n) is 20.8. The molecule has 13 nitrogen and oxygen atoms in total. The lowest BCUT2D eigenvalue weighted by Gasteiger charge is -2.45. The lowest BCUT2D eigenvalue weighted by atomic mass is 9.94. The van der Waals surface area contributed by atoms with Gasteiger partial charge in [0.1, 0.15) is 12.2 Å². The quantitative estimate of drug-likeness (QED) is 0.152. The van der Waals surface area contributed by atoms with E-state index in [1.54, 1.807) is 18.5 Å². The smallest absolute Gasteiger partial charge is 0.412 e. The van der Waals surface area contributed by atoms with Gasteiger partial charge in [0, 0.05) is 62.7 Å². The van der Waals surface area contributed by atoms with Gasteiger partial charge in [-0.15, -0.1) is 0 Å². The van der Waals surface area contributed by atoms with Crippen LogP contribution in [-0.2, 0) is 16.1 Å². The maximum absolute atomic E-state index is 14.5. The van der Waals surface area contributed by atoms with Gasteiger partial charge in [-0.2, -0.15) is 0 Å². The van der Waals surface area contributed by atoms with E-state index in [1.165, 1.54) is 0 Å². The number of hydrogen-bond acceptors (Lipinski definition) is 10. The second-order valence-electron chi connectivity index (χ2n) is 18.4. The summed E-state index contributed by atoms with van der Waals surface area (Å²) in [4.78, 5) is 59.7. The van der Waals surface area contributed by atoms with Crippen LogP contribution in [0.2, 0.25) is 11.6 Å². The molecule has 2 saturated heterocycles. The van der Waals surface area contributed by atoms with Gasteiger partial charge in [-0.3, -0.25) is 15.1 Å². The van der Waals surface area contributed by atoms with Crippen LogP contribution in [0.1, 0.15) is 70.9 Å². The number of piperazine rings is 1. The highest BCUT2D eigenvalue weighted by Gasteiger charge is 2.37. The number of likely N-dealkylation sites (N-methyl/N-ethyl adjacent to an activating group) is 1. The van der Waals surface area contributed by atoms with Crippen molar-refractivity contribution in [2.24, 2.45) is 5.92 Å². The molecule has 0 bridgehead atoms. The third kappa shape index (κ3) is 11.5. The summed E-state index contributed by atoms with van der Waals surface area (Å²) in [7, 11) is 0.719. The number of nitrogens with one attached hydrogen (secondary N) is 2. The second kappa shape index (κ2) is 18.4. The van der Waals surface area contributed by atoms with Gasteiger partial charge in [-0.25, -0.2) is 14.6 Å². The summed E-state index contributed by atoms with van der Waals surface area (Å²) in [6.07, 6.45) is 3.88. The third-order valence-corrected chi connectivity index (χ3v) is 15.3. The molecule has 0 radical (unpaired) electrons. The van der Waals surface area contributed by atoms with Crippen LogP contribution in [0, 0.1) is 5.92 Å². The standard InChI is InChI=1S/C45H62N8O5Si/c1-31-23-35(53(30-59(9)45(5,6)7)43(56)58-44(2,3)4)28-52(27-31)39-17-18-46-26-38(39)48-41(54)40-37(49-42(55)57-29-32-13-11-10-12-14-32)24-33-15-16-34(25-36(33)47-40)51-21-19-50(8)20-22-51/h10-18,24-26,31,35,59H,19-23,27-30H2,1-9H3,(H,48,54)(H,49,55)/t31-,35+,59?/m1/s1. The first kappa shape index (κ1) is 43.4. The van der Waals surface area contributed by atoms with E-state index in [2.05, 4.69) is 77.7 Å². The Kier molecular flexibility index (Phi) is 13.5. The zero-order chi connectivity index (χ0) is 42.5. The number of carbonyl (C=O) groups excluding carboxylic acids is 3. The highest BCUT2D eigenvalue weighted by atomic mass is 28.3. The van der Waals surface area contributed by atoms with Crippen LogP contribution in [0.25, 0.3) is 10.9 Å². The van der Waals surface area contributed by atoms with Crippen molar-refractivity contribution in [1.29, 1.82) is 0 Å². The van der Waals surface area contributed by atoms with Gasteiger partial charge in [-0.1, -0.05) is 70.6 Å². The molecule has 2 aromatic heterocycles. The second-order valence-corrected chi connectivity index (χ2v) is 22.3. The molecule has 4 heterocycles. The van der Waals surface area contributed by atoms with E-state index in [0.29, 0.717) is 23.9 Å². The summed E-state index contributed by atoms with van der Waals surface area (Å²) in [6.45, 7) is 22.0. The first-order chi connectivity index (χ1) is 27.9. The molecule has 14 heteroatoms. The molecular weight excluding hydrogens is 761 g/mol. The number of fused-ring (bicyclic) bond motifs is 1. The average molecular weight is 823 g/mol. The summed E-state index contributed by atoms with van der Waals surface area (Å²) in [5.74, 6) is -0.261. The van der Waals surface area contributed by atoms with Gasteiger partial charge < -0.3 is 34.4 Å². The van der Waals surface area contributed by atoms with Crippen LogP contribution in [0.3, 0.4) is 0 Å². The van der Waals surface area contributed by atoms with Gasteiger partial charge in [0.15, 0.2) is 5.69 Å². The van der Waals surface area contributed by atoms with Crippen molar-refractivity contribution >= 4 is 60.5 Å². The molecule has 0 aliphatic carbocycles. The van der Waals surface area contributed by atoms with Gasteiger partial charge >= 0.3 is 12.2 Å². The van der Waals surface area contributed by atoms with Gasteiger partial charge in [-0.05, 0) is 75.0 Å². The van der Waals surface area contributed by atoms with Crippen molar-refractivity contribution in [3.05, 3.63) is 84.3 Å². The van der Waals surface area contributed by atoms with Gasteiger partial charge in [0.25, 0.3) is 5.91 Å². The van der Waals surface area contributed by atoms with Crippen molar-refractivity contribution in [2.45, 2.75) is 84.7 Å². The van der Waals surface area contributed by atoms with Crippen LogP contribution in [0.4, 0.5) is 32.3 Å². The minimum atomic E-state index is -1.40. The number of ether oxygens (including phenoxy) is 2. The fourth-order valence-corrected chi connectivity index (χ4v) is 9.08. The van der Waals surface area contributed by atoms with Crippen molar-refractivity contribution in [2.75, 3.05) is 72.9 Å². The van der Waals surface area contributed by atoms with Crippen molar-refractivity contribution in [3.63, 3.8) is 0 Å². The number of hydrogen-bond donors (Lipinski definition) is 2. The SMILES string of the molecule is C[C@@H]1C[C@H](N(C[SiH](C)C(C)(C)C)C(=O)OC(C)(C)C)CN(c2ccncc2NC(=O)c2nc3cc(N4CCN(C)CC4)ccc3cc2NC(=O)OCc2ccccc2)C1. The fourth-order valence-electron chi connectivity index (χ4n) is 7.50. The molecule has 4 aromatic rings. The topological polar surface area (TPSA) is 132 Å². The number of rotatable bonds is 10. The number of anilines is 4. The molecule has 2 aromatic carbocycles. The van der Waals surface area contributed by atoms with E-state index in [4.69, 9.17) is 14.5 Å². The number of piperidine rings is 1. The summed E-state index contributed by atoms with van der Waals surface area (Å²) in [6, 6.07) is 19.0. The molecule has 3 amide bonds. The van der Waals surface area contributed by atoms with Crippen molar-refractivity contribution in [1.82, 2.24) is 19.8 Å². The van der Waals surface area contributed by atoms with E-state index in [0.717, 1.165) is 61.5 Å². The highest BCUT2D eigenvalue weighted by Crippen LogP contribution is 2.34. The molecule has 2 aliphatic heterocycles. The van der Waals surface area contributed by atoms with Crippen LogP contribution in [-0.4, -0.2) is 111 Å². The van der Waals surface area contributed by atoms with Crippen LogP contribution in [0.15, 0.2) is 73.1 Å². The summed E-state index contributed by atoms with van der Waals surface area (Å²) >= 11 is 0. The number of carbonyl (C=O) groups is 3. The lowest BCUT2D eigenvalue weighted by molar-refractivity contribution is 0.0170. The Morgan fingerprint density at radius 3 is 2.32 bits per heavy atom. The van der Waals surface area contributed by atoms with E-state index in [1.807, 2.05) is 74.2 Å². The Balaban J connectivity index is 1.29. The number of aromatic nitrogens is 2. The normalized spacial score (nSPS) is 18.3. The molecule has 2 aliphatic rings. The monoisotopic (exact) mass is 822 g/mol. The Labute approximate surface area is 351 Å². The number of amides is 3. The van der Waals surface area contributed by atoms with Crippen LogP contribution < -0.4 is 20.4 Å². The molecule has 0 saturated carbocycles. The predicted molar refractivity (Wildman–Crippen MR) is 239 cm³/mol. The Morgan fingerprint density at radius 2 is 1.63 bits per heavy atom. The van der Waals surface area contributed by atoms with Crippen molar-refractivity contribution < 1.29 is 23.9 Å². The Hall–Kier alpha value is -5.21. The number of pyridine rings is 2. The molecule has 0 spiro atoms. The third-order valence-electron chi connectivity index (χ3n) is 11.4. The predicted octanol–water partition coefficient (Wildman–Crippen LogP) is 8.03. The van der Waals surface area contributed by atoms with Gasteiger partial charge in [0.2, 0.25) is 0 Å². The Morgan fingerprint density at radius 1 is 0.898 bits per heavy atom. The maximum atomic E-state index is 14.5. The van der Waals surface area contributed by atoms with Crippen LogP contribution in [0.5, 0.6) is 0 Å². The average Bonchev–Trinajstić information content (AvgIpc) is 3.18. The molecule has 59 heavy (non-hydrogen) atoms. The van der Waals surface area contributed by atoms with E-state index < -0.39 is 26.4 Å². The maximum Gasteiger partial charge on any atom is 0.412 e. The van der Waals surface area contributed by atoms with E-state index >= 15 is 0 Å². The Bertz CT molecular complexity index is 2100. The molecule has 1 unspecified atom stereocenters. The fraction of sp³-hybridized carbons (Fsp3) is 0.489. The highest BCUT2D eigenvalue weighted by molar-refractivity contribution is 6.61. The summed E-state index contributed by atoms with van der Waals surface area (Å²) < 4.78 is 11.6.